The standard InChI is InChI=1S/C20H23NO7/c1-5-27-19(23)14-8-7-13-17(20(24)28-6-2)11-9-15(25-3)16(26-4)10-12(11)18(22)21(13)14/h9-10,14H,5-8H2,1-4H3/t14-/m0/s1. The Balaban J connectivity index is 2.37. The van der Waals surface area contributed by atoms with Gasteiger partial charge >= 0.3 is 11.9 Å². The van der Waals surface area contributed by atoms with Crippen LogP contribution in [0.25, 0.3) is 10.8 Å². The van der Waals surface area contributed by atoms with Gasteiger partial charge in [-0.25, -0.2) is 9.59 Å². The minimum atomic E-state index is -0.770. The molecule has 28 heavy (non-hydrogen) atoms. The molecule has 0 saturated heterocycles. The van der Waals surface area contributed by atoms with E-state index in [9.17, 15) is 14.4 Å². The van der Waals surface area contributed by atoms with Gasteiger partial charge in [-0.2, -0.15) is 0 Å². The second kappa shape index (κ2) is 7.92. The average Bonchev–Trinajstić information content (AvgIpc) is 3.12. The van der Waals surface area contributed by atoms with Crippen molar-refractivity contribution in [3.8, 4) is 11.5 Å². The van der Waals surface area contributed by atoms with Crippen LogP contribution in [-0.2, 0) is 20.7 Å². The first-order chi connectivity index (χ1) is 13.5. The first-order valence-electron chi connectivity index (χ1n) is 9.15. The summed E-state index contributed by atoms with van der Waals surface area (Å²) in [5, 5.41) is 0.664. The van der Waals surface area contributed by atoms with E-state index in [2.05, 4.69) is 0 Å². The molecular weight excluding hydrogens is 366 g/mol. The van der Waals surface area contributed by atoms with Gasteiger partial charge in [0.05, 0.1) is 38.4 Å². The predicted molar refractivity (Wildman–Crippen MR) is 101 cm³/mol. The van der Waals surface area contributed by atoms with Crippen LogP contribution in [0.5, 0.6) is 11.5 Å². The molecule has 3 rings (SSSR count). The Morgan fingerprint density at radius 1 is 1.04 bits per heavy atom. The molecule has 2 heterocycles. The molecule has 1 aromatic heterocycles. The Morgan fingerprint density at radius 3 is 2.21 bits per heavy atom. The van der Waals surface area contributed by atoms with Gasteiger partial charge in [-0.3, -0.25) is 9.36 Å². The zero-order chi connectivity index (χ0) is 20.4. The molecule has 8 nitrogen and oxygen atoms in total. The average molecular weight is 389 g/mol. The van der Waals surface area contributed by atoms with Crippen molar-refractivity contribution >= 4 is 22.7 Å². The number of aromatic nitrogens is 1. The quantitative estimate of drug-likeness (QED) is 0.700. The van der Waals surface area contributed by atoms with Crippen molar-refractivity contribution in [1.29, 1.82) is 0 Å². The van der Waals surface area contributed by atoms with Crippen LogP contribution in [0, 0.1) is 0 Å². The molecule has 1 aliphatic heterocycles. The normalized spacial score (nSPS) is 15.2. The number of hydrogen-bond acceptors (Lipinski definition) is 7. The van der Waals surface area contributed by atoms with Crippen molar-refractivity contribution < 1.29 is 28.5 Å². The van der Waals surface area contributed by atoms with Crippen LogP contribution < -0.4 is 15.0 Å². The number of pyridine rings is 1. The molecule has 0 fully saturated rings. The van der Waals surface area contributed by atoms with Crippen molar-refractivity contribution in [3.63, 3.8) is 0 Å². The fourth-order valence-electron chi connectivity index (χ4n) is 3.66. The smallest absolute Gasteiger partial charge is 0.340 e. The van der Waals surface area contributed by atoms with Gasteiger partial charge in [0.15, 0.2) is 11.5 Å². The van der Waals surface area contributed by atoms with Crippen LogP contribution in [-0.4, -0.2) is 43.9 Å². The number of methoxy groups -OCH3 is 2. The zero-order valence-electron chi connectivity index (χ0n) is 16.4. The monoisotopic (exact) mass is 389 g/mol. The molecule has 0 N–H and O–H groups in total. The summed E-state index contributed by atoms with van der Waals surface area (Å²) < 4.78 is 22.3. The highest BCUT2D eigenvalue weighted by atomic mass is 16.5. The van der Waals surface area contributed by atoms with E-state index < -0.39 is 18.0 Å². The molecule has 0 bridgehead atoms. The molecule has 1 atom stereocenters. The Hall–Kier alpha value is -3.03. The van der Waals surface area contributed by atoms with Gasteiger partial charge in [-0.1, -0.05) is 0 Å². The third-order valence-corrected chi connectivity index (χ3v) is 4.83. The number of esters is 2. The molecule has 0 unspecified atom stereocenters. The second-order valence-corrected chi connectivity index (χ2v) is 6.28. The van der Waals surface area contributed by atoms with Gasteiger partial charge in [0.2, 0.25) is 0 Å². The topological polar surface area (TPSA) is 93.1 Å². The maximum Gasteiger partial charge on any atom is 0.340 e. The van der Waals surface area contributed by atoms with Crippen LogP contribution in [0.2, 0.25) is 0 Å². The SMILES string of the molecule is CCOC(=O)c1c2n(c(=O)c3cc(OC)c(OC)cc13)[C@H](C(=O)OCC)CC2. The van der Waals surface area contributed by atoms with E-state index in [1.165, 1.54) is 24.9 Å². The lowest BCUT2D eigenvalue weighted by Gasteiger charge is -2.18. The molecule has 0 saturated carbocycles. The van der Waals surface area contributed by atoms with Crippen LogP contribution in [0.4, 0.5) is 0 Å². The molecule has 1 aromatic carbocycles. The molecule has 2 aromatic rings. The highest BCUT2D eigenvalue weighted by Gasteiger charge is 2.36. The van der Waals surface area contributed by atoms with Crippen molar-refractivity contribution in [3.05, 3.63) is 33.7 Å². The summed E-state index contributed by atoms with van der Waals surface area (Å²) in [7, 11) is 2.94. The first-order valence-corrected chi connectivity index (χ1v) is 9.15. The molecule has 150 valence electrons. The summed E-state index contributed by atoms with van der Waals surface area (Å²) in [6, 6.07) is 2.35. The van der Waals surface area contributed by atoms with Crippen molar-refractivity contribution in [2.75, 3.05) is 27.4 Å². The van der Waals surface area contributed by atoms with Crippen LogP contribution in [0.3, 0.4) is 0 Å². The van der Waals surface area contributed by atoms with Gasteiger partial charge in [0.1, 0.15) is 6.04 Å². The van der Waals surface area contributed by atoms with Crippen LogP contribution >= 0.6 is 0 Å². The zero-order valence-corrected chi connectivity index (χ0v) is 16.4. The number of hydrogen-bond donors (Lipinski definition) is 0. The molecule has 0 amide bonds. The third-order valence-electron chi connectivity index (χ3n) is 4.83. The maximum atomic E-state index is 13.2. The molecule has 0 aliphatic carbocycles. The van der Waals surface area contributed by atoms with Crippen molar-refractivity contribution in [2.45, 2.75) is 32.7 Å². The lowest BCUT2D eigenvalue weighted by molar-refractivity contribution is -0.147. The Bertz CT molecular complexity index is 992. The van der Waals surface area contributed by atoms with Crippen molar-refractivity contribution in [2.24, 2.45) is 0 Å². The number of ether oxygens (including phenoxy) is 4. The molecular formula is C20H23NO7. The summed E-state index contributed by atoms with van der Waals surface area (Å²) >= 11 is 0. The number of nitrogens with zero attached hydrogens (tertiary/aromatic N) is 1. The molecule has 0 radical (unpaired) electrons. The van der Waals surface area contributed by atoms with Gasteiger partial charge in [0.25, 0.3) is 5.56 Å². The highest BCUT2D eigenvalue weighted by molar-refractivity contribution is 6.06. The minimum Gasteiger partial charge on any atom is -0.493 e. The summed E-state index contributed by atoms with van der Waals surface area (Å²) in [6.07, 6.45) is 0.766. The van der Waals surface area contributed by atoms with Crippen LogP contribution in [0.1, 0.15) is 42.4 Å². The van der Waals surface area contributed by atoms with E-state index >= 15 is 0 Å². The summed E-state index contributed by atoms with van der Waals surface area (Å²) in [5.74, 6) is -0.288. The predicted octanol–water partition coefficient (Wildman–Crippen LogP) is 2.25. The number of carbonyl (C=O) groups is 2. The van der Waals surface area contributed by atoms with Gasteiger partial charge in [0, 0.05) is 11.1 Å². The maximum absolute atomic E-state index is 13.2. The number of benzene rings is 1. The van der Waals surface area contributed by atoms with E-state index in [0.717, 1.165) is 0 Å². The van der Waals surface area contributed by atoms with E-state index in [1.54, 1.807) is 19.9 Å². The number of fused-ring (bicyclic) bond motifs is 2. The largest absolute Gasteiger partial charge is 0.493 e. The molecule has 1 aliphatic rings. The number of carbonyl (C=O) groups excluding carboxylic acids is 2. The van der Waals surface area contributed by atoms with E-state index in [4.69, 9.17) is 18.9 Å². The summed E-state index contributed by atoms with van der Waals surface area (Å²) in [5.41, 5.74) is 0.361. The van der Waals surface area contributed by atoms with E-state index in [-0.39, 0.29) is 29.7 Å². The molecule has 8 heteroatoms. The third kappa shape index (κ3) is 3.08. The first kappa shape index (κ1) is 19.7. The lowest BCUT2D eigenvalue weighted by atomic mass is 10.0. The van der Waals surface area contributed by atoms with Crippen molar-refractivity contribution in [1.82, 2.24) is 4.57 Å². The lowest BCUT2D eigenvalue weighted by Crippen LogP contribution is -2.30. The second-order valence-electron chi connectivity index (χ2n) is 6.28. The highest BCUT2D eigenvalue weighted by Crippen LogP contribution is 2.37. The number of rotatable bonds is 6. The van der Waals surface area contributed by atoms with Gasteiger partial charge in [-0.15, -0.1) is 0 Å². The minimum absolute atomic E-state index is 0.188. The van der Waals surface area contributed by atoms with E-state index in [0.29, 0.717) is 35.4 Å². The Kier molecular flexibility index (Phi) is 5.58. The van der Waals surface area contributed by atoms with E-state index in [1.807, 2.05) is 0 Å². The summed E-state index contributed by atoms with van der Waals surface area (Å²) in [6.45, 7) is 3.81. The fourth-order valence-corrected chi connectivity index (χ4v) is 3.66. The summed E-state index contributed by atoms with van der Waals surface area (Å²) in [4.78, 5) is 38.4. The fraction of sp³-hybridized carbons (Fsp3) is 0.450. The van der Waals surface area contributed by atoms with Gasteiger partial charge in [-0.05, 0) is 38.8 Å². The van der Waals surface area contributed by atoms with Crippen LogP contribution in [0.15, 0.2) is 16.9 Å². The Labute approximate surface area is 161 Å². The molecule has 0 spiro atoms. The Morgan fingerprint density at radius 2 is 1.64 bits per heavy atom. The van der Waals surface area contributed by atoms with Gasteiger partial charge < -0.3 is 18.9 Å².